The minimum atomic E-state index is -0.598. The number of esters is 1. The quantitative estimate of drug-likeness (QED) is 0.801. The van der Waals surface area contributed by atoms with E-state index in [0.29, 0.717) is 5.76 Å². The van der Waals surface area contributed by atoms with E-state index in [9.17, 15) is 10.1 Å². The summed E-state index contributed by atoms with van der Waals surface area (Å²) in [6.07, 6.45) is 3.44. The molecule has 0 bridgehead atoms. The molecule has 102 valence electrons. The molecule has 0 saturated carbocycles. The highest BCUT2D eigenvalue weighted by atomic mass is 16.5. The number of ether oxygens (including phenoxy) is 2. The Hall–Kier alpha value is -2.81. The van der Waals surface area contributed by atoms with Crippen LogP contribution in [0.5, 0.6) is 0 Å². The van der Waals surface area contributed by atoms with Gasteiger partial charge in [-0.1, -0.05) is 0 Å². The van der Waals surface area contributed by atoms with Gasteiger partial charge in [0.1, 0.15) is 17.4 Å². The largest absolute Gasteiger partial charge is 0.466 e. The predicted molar refractivity (Wildman–Crippen MR) is 68.4 cm³/mol. The number of hydrogen-bond donors (Lipinski definition) is 1. The molecule has 0 aliphatic carbocycles. The molecule has 0 aromatic carbocycles. The number of carbonyl (C=O) groups is 1. The maximum atomic E-state index is 12.0. The Morgan fingerprint density at radius 1 is 1.60 bits per heavy atom. The number of rotatable bonds is 2. The number of nitrogens with one attached hydrogen (secondary N) is 1. The molecular weight excluding hydrogens is 258 g/mol. The zero-order valence-electron chi connectivity index (χ0n) is 11.1. The van der Waals surface area contributed by atoms with Crippen molar-refractivity contribution < 1.29 is 19.3 Å². The summed E-state index contributed by atoms with van der Waals surface area (Å²) in [6, 6.07) is 5.58. The van der Waals surface area contributed by atoms with Crippen LogP contribution < -0.4 is 10.7 Å². The van der Waals surface area contributed by atoms with Crippen molar-refractivity contribution in [1.82, 2.24) is 0 Å². The van der Waals surface area contributed by atoms with Crippen molar-refractivity contribution in [2.45, 2.75) is 12.8 Å². The van der Waals surface area contributed by atoms with Gasteiger partial charge in [0.25, 0.3) is 0 Å². The summed E-state index contributed by atoms with van der Waals surface area (Å²) in [5.74, 6) is -0.802. The third-order valence-corrected chi connectivity index (χ3v) is 3.08. The average molecular weight is 272 g/mol. The van der Waals surface area contributed by atoms with Crippen LogP contribution in [0.2, 0.25) is 0 Å². The van der Waals surface area contributed by atoms with Crippen molar-refractivity contribution in [2.24, 2.45) is 5.73 Å². The Labute approximate surface area is 116 Å². The Morgan fingerprint density at radius 3 is 2.90 bits per heavy atom. The summed E-state index contributed by atoms with van der Waals surface area (Å²) in [5.41, 5.74) is 6.95. The summed E-state index contributed by atoms with van der Waals surface area (Å²) >= 11 is 0. The fourth-order valence-electron chi connectivity index (χ4n) is 2.18. The van der Waals surface area contributed by atoms with Gasteiger partial charge in [0.15, 0.2) is 12.4 Å². The van der Waals surface area contributed by atoms with Gasteiger partial charge < -0.3 is 15.2 Å². The molecule has 1 atom stereocenters. The molecule has 20 heavy (non-hydrogen) atoms. The molecule has 0 saturated heterocycles. The van der Waals surface area contributed by atoms with Crippen LogP contribution in [0.1, 0.15) is 18.4 Å². The van der Waals surface area contributed by atoms with Gasteiger partial charge in [-0.2, -0.15) is 5.26 Å². The fourth-order valence-corrected chi connectivity index (χ4v) is 2.18. The van der Waals surface area contributed by atoms with Crippen LogP contribution in [0.3, 0.4) is 0 Å². The van der Waals surface area contributed by atoms with Crippen molar-refractivity contribution in [3.63, 3.8) is 0 Å². The first-order chi connectivity index (χ1) is 9.60. The first-order valence-electron chi connectivity index (χ1n) is 5.92. The summed E-state index contributed by atoms with van der Waals surface area (Å²) < 4.78 is 10.1. The fraction of sp³-hybridized carbons (Fsp3) is 0.214. The SMILES string of the molecule is COC(=O)C1=C(C)OC(N)=C(C#N)C1c1ccc[nH+]c1. The molecule has 3 N–H and O–H groups in total. The van der Waals surface area contributed by atoms with E-state index < -0.39 is 11.9 Å². The van der Waals surface area contributed by atoms with Crippen LogP contribution in [0, 0.1) is 11.3 Å². The van der Waals surface area contributed by atoms with Crippen molar-refractivity contribution in [3.05, 3.63) is 52.9 Å². The molecule has 1 aliphatic rings. The molecule has 6 nitrogen and oxygen atoms in total. The lowest BCUT2D eigenvalue weighted by atomic mass is 9.84. The Bertz CT molecular complexity index is 641. The van der Waals surface area contributed by atoms with Crippen LogP contribution in [0.4, 0.5) is 0 Å². The third-order valence-electron chi connectivity index (χ3n) is 3.08. The van der Waals surface area contributed by atoms with E-state index in [-0.39, 0.29) is 17.0 Å². The van der Waals surface area contributed by atoms with E-state index in [1.54, 1.807) is 31.5 Å². The number of carbonyl (C=O) groups excluding carboxylic acids is 1. The maximum Gasteiger partial charge on any atom is 0.338 e. The first-order valence-corrected chi connectivity index (χ1v) is 5.92. The molecule has 0 radical (unpaired) electrons. The minimum Gasteiger partial charge on any atom is -0.466 e. The lowest BCUT2D eigenvalue weighted by Gasteiger charge is -2.25. The second kappa shape index (κ2) is 5.45. The topological polar surface area (TPSA) is 99.5 Å². The van der Waals surface area contributed by atoms with Crippen LogP contribution >= 0.6 is 0 Å². The van der Waals surface area contributed by atoms with Crippen LogP contribution in [0.15, 0.2) is 47.3 Å². The normalized spacial score (nSPS) is 18.4. The van der Waals surface area contributed by atoms with E-state index in [1.165, 1.54) is 7.11 Å². The van der Waals surface area contributed by atoms with E-state index in [1.807, 2.05) is 6.07 Å². The number of nitriles is 1. The Balaban J connectivity index is 2.63. The van der Waals surface area contributed by atoms with Crippen molar-refractivity contribution in [2.75, 3.05) is 7.11 Å². The number of allylic oxidation sites excluding steroid dienone is 2. The smallest absolute Gasteiger partial charge is 0.338 e. The van der Waals surface area contributed by atoms with Crippen molar-refractivity contribution in [3.8, 4) is 6.07 Å². The first kappa shape index (κ1) is 13.6. The predicted octanol–water partition coefficient (Wildman–Crippen LogP) is 0.755. The van der Waals surface area contributed by atoms with Gasteiger partial charge in [0.05, 0.1) is 18.6 Å². The highest BCUT2D eigenvalue weighted by Gasteiger charge is 2.36. The second-order valence-corrected chi connectivity index (χ2v) is 4.22. The lowest BCUT2D eigenvalue weighted by molar-refractivity contribution is -0.378. The molecule has 6 heteroatoms. The summed E-state index contributed by atoms with van der Waals surface area (Å²) in [4.78, 5) is 14.9. The molecule has 1 aromatic heterocycles. The van der Waals surface area contributed by atoms with E-state index in [0.717, 1.165) is 5.56 Å². The molecule has 1 unspecified atom stereocenters. The zero-order chi connectivity index (χ0) is 14.7. The molecular formula is C14H14N3O3+. The van der Waals surface area contributed by atoms with Crippen LogP contribution in [0.25, 0.3) is 0 Å². The maximum absolute atomic E-state index is 12.0. The zero-order valence-corrected chi connectivity index (χ0v) is 11.1. The number of nitrogens with two attached hydrogens (primary N) is 1. The Morgan fingerprint density at radius 2 is 2.35 bits per heavy atom. The van der Waals surface area contributed by atoms with Crippen molar-refractivity contribution >= 4 is 5.97 Å². The monoisotopic (exact) mass is 272 g/mol. The Kier molecular flexibility index (Phi) is 3.71. The molecule has 2 rings (SSSR count). The van der Waals surface area contributed by atoms with Gasteiger partial charge >= 0.3 is 5.97 Å². The number of aromatic amines is 1. The lowest BCUT2D eigenvalue weighted by Crippen LogP contribution is -2.25. The number of hydrogen-bond acceptors (Lipinski definition) is 5. The molecule has 0 amide bonds. The van der Waals surface area contributed by atoms with Gasteiger partial charge in [0.2, 0.25) is 5.88 Å². The van der Waals surface area contributed by atoms with Crippen LogP contribution in [-0.4, -0.2) is 13.1 Å². The summed E-state index contributed by atoms with van der Waals surface area (Å²) in [7, 11) is 1.28. The molecule has 1 aliphatic heterocycles. The van der Waals surface area contributed by atoms with E-state index in [4.69, 9.17) is 15.2 Å². The number of methoxy groups -OCH3 is 1. The number of pyridine rings is 1. The second-order valence-electron chi connectivity index (χ2n) is 4.22. The van der Waals surface area contributed by atoms with Gasteiger partial charge in [-0.15, -0.1) is 0 Å². The molecule has 0 fully saturated rings. The van der Waals surface area contributed by atoms with Crippen molar-refractivity contribution in [1.29, 1.82) is 5.26 Å². The summed E-state index contributed by atoms with van der Waals surface area (Å²) in [6.45, 7) is 1.62. The van der Waals surface area contributed by atoms with Gasteiger partial charge in [-0.05, 0) is 13.0 Å². The molecule has 0 spiro atoms. The van der Waals surface area contributed by atoms with E-state index >= 15 is 0 Å². The molecule has 1 aromatic rings. The number of nitrogens with zero attached hydrogens (tertiary/aromatic N) is 1. The minimum absolute atomic E-state index is 0.00602. The summed E-state index contributed by atoms with van der Waals surface area (Å²) in [5, 5.41) is 9.30. The number of H-pyrrole nitrogens is 1. The van der Waals surface area contributed by atoms with Gasteiger partial charge in [0, 0.05) is 11.6 Å². The van der Waals surface area contributed by atoms with Gasteiger partial charge in [-0.3, -0.25) is 0 Å². The highest BCUT2D eigenvalue weighted by Crippen LogP contribution is 2.38. The highest BCUT2D eigenvalue weighted by molar-refractivity contribution is 5.92. The average Bonchev–Trinajstić information content (AvgIpc) is 2.46. The van der Waals surface area contributed by atoms with Gasteiger partial charge in [-0.25, -0.2) is 9.78 Å². The third kappa shape index (κ3) is 2.21. The standard InChI is InChI=1S/C14H13N3O3/c1-8-11(14(18)19-2)12(9-4-3-5-17-7-9)10(6-15)13(16)20-8/h3-5,7,12H,16H2,1-2H3/p+1. The molecule has 2 heterocycles. The number of aromatic nitrogens is 1. The van der Waals surface area contributed by atoms with E-state index in [2.05, 4.69) is 4.98 Å². The van der Waals surface area contributed by atoms with Crippen LogP contribution in [-0.2, 0) is 14.3 Å².